The minimum absolute atomic E-state index is 0.143. The van der Waals surface area contributed by atoms with Gasteiger partial charge in [0.25, 0.3) is 0 Å². The van der Waals surface area contributed by atoms with Gasteiger partial charge in [-0.05, 0) is 52.8 Å². The van der Waals surface area contributed by atoms with Crippen LogP contribution in [0.3, 0.4) is 0 Å². The van der Waals surface area contributed by atoms with Crippen molar-refractivity contribution >= 4 is 46.2 Å². The van der Waals surface area contributed by atoms with Gasteiger partial charge in [-0.3, -0.25) is 14.5 Å². The van der Waals surface area contributed by atoms with Gasteiger partial charge in [0, 0.05) is 48.6 Å². The number of thioether (sulfide) groups is 1. The molecule has 5 rings (SSSR count). The summed E-state index contributed by atoms with van der Waals surface area (Å²) >= 11 is 7.61. The van der Waals surface area contributed by atoms with Crippen LogP contribution in [0.15, 0.2) is 40.2 Å². The lowest BCUT2D eigenvalue weighted by atomic mass is 10.0. The molecule has 2 aromatic heterocycles. The summed E-state index contributed by atoms with van der Waals surface area (Å²) in [6, 6.07) is 5.72. The Labute approximate surface area is 244 Å². The SMILES string of the molecule is C[C@@H]1CN(c2nc(=O)n3c4c(c(Cl)c(C(F)(F)F)cc24)SCC(c2ccccn2)C3)C[C@H](C)N1C(=O)OC(C)(C)C. The summed E-state index contributed by atoms with van der Waals surface area (Å²) in [6.07, 6.45) is -3.55. The van der Waals surface area contributed by atoms with E-state index in [2.05, 4.69) is 9.97 Å². The predicted molar refractivity (Wildman–Crippen MR) is 153 cm³/mol. The number of aromatic nitrogens is 3. The molecular formula is C28H31ClF3N5O3S. The number of anilines is 1. The molecule has 0 bridgehead atoms. The van der Waals surface area contributed by atoms with Crippen molar-refractivity contribution in [3.63, 3.8) is 0 Å². The van der Waals surface area contributed by atoms with Gasteiger partial charge in [-0.15, -0.1) is 11.8 Å². The molecule has 220 valence electrons. The first kappa shape index (κ1) is 29.5. The lowest BCUT2D eigenvalue weighted by Crippen LogP contribution is -2.59. The van der Waals surface area contributed by atoms with Crippen molar-refractivity contribution in [2.75, 3.05) is 23.7 Å². The summed E-state index contributed by atoms with van der Waals surface area (Å²) < 4.78 is 49.7. The Morgan fingerprint density at radius 1 is 1.12 bits per heavy atom. The Balaban J connectivity index is 1.63. The third-order valence-electron chi connectivity index (χ3n) is 7.20. The highest BCUT2D eigenvalue weighted by atomic mass is 35.5. The maximum atomic E-state index is 14.2. The summed E-state index contributed by atoms with van der Waals surface area (Å²) in [7, 11) is 0. The fourth-order valence-electron chi connectivity index (χ4n) is 5.54. The van der Waals surface area contributed by atoms with E-state index in [1.54, 1.807) is 42.8 Å². The smallest absolute Gasteiger partial charge is 0.417 e. The number of piperazine rings is 1. The molecule has 0 N–H and O–H groups in total. The van der Waals surface area contributed by atoms with Crippen LogP contribution < -0.4 is 10.6 Å². The van der Waals surface area contributed by atoms with Crippen molar-refractivity contribution in [2.24, 2.45) is 0 Å². The Bertz CT molecular complexity index is 1530. The van der Waals surface area contributed by atoms with E-state index < -0.39 is 34.1 Å². The highest BCUT2D eigenvalue weighted by Crippen LogP contribution is 2.47. The number of nitrogens with zero attached hydrogens (tertiary/aromatic N) is 5. The van der Waals surface area contributed by atoms with Gasteiger partial charge >= 0.3 is 18.0 Å². The summed E-state index contributed by atoms with van der Waals surface area (Å²) in [6.45, 7) is 9.71. The van der Waals surface area contributed by atoms with Gasteiger partial charge in [0.1, 0.15) is 11.4 Å². The highest BCUT2D eigenvalue weighted by Gasteiger charge is 2.40. The maximum Gasteiger partial charge on any atom is 0.417 e. The Morgan fingerprint density at radius 2 is 1.80 bits per heavy atom. The number of halogens is 4. The molecule has 0 saturated carbocycles. The van der Waals surface area contributed by atoms with Crippen LogP contribution in [0.4, 0.5) is 23.8 Å². The molecule has 8 nitrogen and oxygen atoms in total. The van der Waals surface area contributed by atoms with Crippen LogP contribution in [0.25, 0.3) is 10.9 Å². The van der Waals surface area contributed by atoms with E-state index in [1.165, 1.54) is 16.3 Å². The normalized spacial score (nSPS) is 21.6. The van der Waals surface area contributed by atoms with Crippen LogP contribution >= 0.6 is 23.4 Å². The first-order valence-corrected chi connectivity index (χ1v) is 14.7. The Kier molecular flexibility index (Phi) is 7.69. The lowest BCUT2D eigenvalue weighted by Gasteiger charge is -2.45. The van der Waals surface area contributed by atoms with Crippen LogP contribution in [-0.4, -0.2) is 62.1 Å². The van der Waals surface area contributed by atoms with Crippen molar-refractivity contribution in [2.45, 2.75) is 75.8 Å². The molecule has 13 heteroatoms. The summed E-state index contributed by atoms with van der Waals surface area (Å²) in [5.41, 5.74) is -1.19. The predicted octanol–water partition coefficient (Wildman–Crippen LogP) is 6.19. The number of carbonyl (C=O) groups is 1. The van der Waals surface area contributed by atoms with Crippen LogP contribution in [0.1, 0.15) is 51.8 Å². The number of amides is 1. The van der Waals surface area contributed by atoms with E-state index in [9.17, 15) is 22.8 Å². The van der Waals surface area contributed by atoms with Gasteiger partial charge in [0.05, 0.1) is 33.1 Å². The number of ether oxygens (including phenoxy) is 1. The second-order valence-electron chi connectivity index (χ2n) is 11.5. The molecule has 3 aromatic rings. The molecule has 2 aliphatic rings. The van der Waals surface area contributed by atoms with E-state index in [4.69, 9.17) is 16.3 Å². The highest BCUT2D eigenvalue weighted by molar-refractivity contribution is 7.99. The van der Waals surface area contributed by atoms with Gasteiger partial charge in [0.15, 0.2) is 0 Å². The molecule has 4 heterocycles. The third kappa shape index (κ3) is 5.73. The molecule has 2 aliphatic heterocycles. The lowest BCUT2D eigenvalue weighted by molar-refractivity contribution is -0.137. The molecule has 1 saturated heterocycles. The van der Waals surface area contributed by atoms with Crippen molar-refractivity contribution in [3.8, 4) is 0 Å². The van der Waals surface area contributed by atoms with Crippen molar-refractivity contribution in [1.29, 1.82) is 0 Å². The van der Waals surface area contributed by atoms with E-state index >= 15 is 0 Å². The molecule has 41 heavy (non-hydrogen) atoms. The van der Waals surface area contributed by atoms with E-state index in [-0.39, 0.29) is 53.7 Å². The van der Waals surface area contributed by atoms with Crippen molar-refractivity contribution in [1.82, 2.24) is 19.4 Å². The zero-order valence-corrected chi connectivity index (χ0v) is 24.9. The van der Waals surface area contributed by atoms with Gasteiger partial charge < -0.3 is 9.64 Å². The first-order valence-electron chi connectivity index (χ1n) is 13.3. The second kappa shape index (κ2) is 10.7. The van der Waals surface area contributed by atoms with Gasteiger partial charge in [-0.1, -0.05) is 17.7 Å². The van der Waals surface area contributed by atoms with E-state index in [0.29, 0.717) is 11.3 Å². The van der Waals surface area contributed by atoms with Gasteiger partial charge in [-0.2, -0.15) is 18.2 Å². The standard InChI is InChI=1S/C28H31ClF3N5O3S/c1-15-11-35(12-16(2)37(15)26(39)40-27(3,4)5)24-18-10-19(28(30,31)32)21(29)23-22(18)36(25(38)34-24)13-17(14-41-23)20-8-6-7-9-33-20/h6-10,15-17H,11-14H2,1-5H3/t15-,16+,17?. The number of benzene rings is 1. The third-order valence-corrected chi connectivity index (χ3v) is 8.96. The largest absolute Gasteiger partial charge is 0.444 e. The van der Waals surface area contributed by atoms with Crippen molar-refractivity contribution < 1.29 is 22.7 Å². The van der Waals surface area contributed by atoms with Crippen molar-refractivity contribution in [3.05, 3.63) is 57.2 Å². The summed E-state index contributed by atoms with van der Waals surface area (Å²) in [5.74, 6) is 0.278. The quantitative estimate of drug-likeness (QED) is 0.343. The van der Waals surface area contributed by atoms with E-state index in [0.717, 1.165) is 11.8 Å². The molecule has 1 unspecified atom stereocenters. The number of hydrogen-bond acceptors (Lipinski definition) is 7. The minimum Gasteiger partial charge on any atom is -0.444 e. The number of carbonyl (C=O) groups excluding carboxylic acids is 1. The fraction of sp³-hybridized carbons (Fsp3) is 0.500. The zero-order chi connectivity index (χ0) is 29.9. The van der Waals surface area contributed by atoms with Gasteiger partial charge in [0.2, 0.25) is 0 Å². The molecule has 1 fully saturated rings. The number of pyridine rings is 1. The average molecular weight is 610 g/mol. The van der Waals surface area contributed by atoms with E-state index in [1.807, 2.05) is 26.0 Å². The molecule has 0 radical (unpaired) electrons. The average Bonchev–Trinajstić information content (AvgIpc) is 3.07. The monoisotopic (exact) mass is 609 g/mol. The number of rotatable bonds is 2. The maximum absolute atomic E-state index is 14.2. The summed E-state index contributed by atoms with van der Waals surface area (Å²) in [4.78, 5) is 38.9. The molecule has 3 atom stereocenters. The molecule has 1 amide bonds. The van der Waals surface area contributed by atoms with Crippen LogP contribution in [0.2, 0.25) is 5.02 Å². The molecule has 1 aromatic carbocycles. The van der Waals surface area contributed by atoms with Crippen LogP contribution in [0.5, 0.6) is 0 Å². The topological polar surface area (TPSA) is 80.6 Å². The molecule has 0 spiro atoms. The second-order valence-corrected chi connectivity index (χ2v) is 13.0. The Morgan fingerprint density at radius 3 is 2.39 bits per heavy atom. The summed E-state index contributed by atoms with van der Waals surface area (Å²) in [5, 5.41) is -0.242. The first-order chi connectivity index (χ1) is 19.2. The fourth-order valence-corrected chi connectivity index (χ4v) is 7.19. The van der Waals surface area contributed by atoms with Crippen LogP contribution in [-0.2, 0) is 17.5 Å². The Hall–Kier alpha value is -2.99. The molecular weight excluding hydrogens is 579 g/mol. The molecule has 0 aliphatic carbocycles. The number of alkyl halides is 3. The van der Waals surface area contributed by atoms with Crippen LogP contribution in [0, 0.1) is 0 Å². The zero-order valence-electron chi connectivity index (χ0n) is 23.3. The number of hydrogen-bond donors (Lipinski definition) is 0. The minimum atomic E-state index is -4.72. The van der Waals surface area contributed by atoms with Gasteiger partial charge in [-0.25, -0.2) is 9.59 Å².